The SMILES string of the molecule is CN=C(NCC1CCOC1)N1CCN(c2cnn(C)c2)C(=O)C1. The van der Waals surface area contributed by atoms with E-state index in [2.05, 4.69) is 15.4 Å². The number of amides is 1. The molecule has 2 aliphatic heterocycles. The lowest BCUT2D eigenvalue weighted by Gasteiger charge is -2.35. The maximum Gasteiger partial charge on any atom is 0.246 e. The summed E-state index contributed by atoms with van der Waals surface area (Å²) in [4.78, 5) is 20.5. The molecule has 8 nitrogen and oxygen atoms in total. The van der Waals surface area contributed by atoms with E-state index in [4.69, 9.17) is 4.74 Å². The van der Waals surface area contributed by atoms with Gasteiger partial charge in [-0.25, -0.2) is 0 Å². The molecule has 126 valence electrons. The third-order valence-electron chi connectivity index (χ3n) is 4.31. The minimum Gasteiger partial charge on any atom is -0.381 e. The lowest BCUT2D eigenvalue weighted by molar-refractivity contribution is -0.120. The fraction of sp³-hybridized carbons (Fsp3) is 0.667. The molecule has 0 spiro atoms. The molecule has 1 N–H and O–H groups in total. The molecule has 1 aromatic rings. The van der Waals surface area contributed by atoms with Crippen LogP contribution < -0.4 is 10.2 Å². The summed E-state index contributed by atoms with van der Waals surface area (Å²) in [6.07, 6.45) is 4.67. The Hall–Kier alpha value is -2.09. The molecule has 1 amide bonds. The number of carbonyl (C=O) groups excluding carboxylic acids is 1. The highest BCUT2D eigenvalue weighted by Crippen LogP contribution is 2.16. The number of ether oxygens (including phenoxy) is 1. The van der Waals surface area contributed by atoms with Crippen molar-refractivity contribution >= 4 is 17.6 Å². The number of carbonyl (C=O) groups is 1. The highest BCUT2D eigenvalue weighted by atomic mass is 16.5. The van der Waals surface area contributed by atoms with Crippen molar-refractivity contribution in [2.75, 3.05) is 51.3 Å². The largest absolute Gasteiger partial charge is 0.381 e. The Balaban J connectivity index is 1.56. The van der Waals surface area contributed by atoms with Gasteiger partial charge in [0.05, 0.1) is 18.5 Å². The Morgan fingerprint density at radius 3 is 3.00 bits per heavy atom. The van der Waals surface area contributed by atoms with Crippen LogP contribution in [0.5, 0.6) is 0 Å². The molecule has 0 bridgehead atoms. The first-order chi connectivity index (χ1) is 11.2. The van der Waals surface area contributed by atoms with E-state index in [1.807, 2.05) is 18.1 Å². The normalized spacial score (nSPS) is 22.8. The number of guanidine groups is 1. The van der Waals surface area contributed by atoms with Crippen LogP contribution in [0.25, 0.3) is 0 Å². The molecule has 1 aromatic heterocycles. The quantitative estimate of drug-likeness (QED) is 0.610. The second kappa shape index (κ2) is 6.99. The zero-order valence-corrected chi connectivity index (χ0v) is 13.7. The molecule has 23 heavy (non-hydrogen) atoms. The molecule has 2 aliphatic rings. The zero-order chi connectivity index (χ0) is 16.2. The maximum atomic E-state index is 12.4. The fourth-order valence-corrected chi connectivity index (χ4v) is 2.99. The van der Waals surface area contributed by atoms with Gasteiger partial charge < -0.3 is 19.9 Å². The molecule has 3 heterocycles. The molecule has 8 heteroatoms. The van der Waals surface area contributed by atoms with Gasteiger partial charge in [0.2, 0.25) is 5.91 Å². The second-order valence-corrected chi connectivity index (χ2v) is 6.00. The van der Waals surface area contributed by atoms with Crippen LogP contribution in [0.4, 0.5) is 5.69 Å². The minimum absolute atomic E-state index is 0.0661. The summed E-state index contributed by atoms with van der Waals surface area (Å²) in [5.41, 5.74) is 0.850. The molecular formula is C15H24N6O2. The van der Waals surface area contributed by atoms with Gasteiger partial charge in [-0.05, 0) is 6.42 Å². The summed E-state index contributed by atoms with van der Waals surface area (Å²) in [5.74, 6) is 1.38. The first-order valence-corrected chi connectivity index (χ1v) is 7.99. The average molecular weight is 320 g/mol. The number of aromatic nitrogens is 2. The highest BCUT2D eigenvalue weighted by Gasteiger charge is 2.28. The van der Waals surface area contributed by atoms with Gasteiger partial charge in [-0.1, -0.05) is 0 Å². The highest BCUT2D eigenvalue weighted by molar-refractivity contribution is 5.98. The third-order valence-corrected chi connectivity index (χ3v) is 4.31. The molecule has 3 rings (SSSR count). The standard InChI is InChI=1S/C15H24N6O2/c1-16-15(17-7-12-3-6-23-11-12)20-4-5-21(14(22)10-20)13-8-18-19(2)9-13/h8-9,12H,3-7,10-11H2,1-2H3,(H,16,17). The van der Waals surface area contributed by atoms with Crippen molar-refractivity contribution in [3.63, 3.8) is 0 Å². The van der Waals surface area contributed by atoms with E-state index in [0.29, 0.717) is 19.0 Å². The molecule has 1 unspecified atom stereocenters. The number of aryl methyl sites for hydroxylation is 1. The van der Waals surface area contributed by atoms with Crippen molar-refractivity contribution < 1.29 is 9.53 Å². The van der Waals surface area contributed by atoms with Crippen molar-refractivity contribution in [2.24, 2.45) is 18.0 Å². The number of piperazine rings is 1. The first kappa shape index (κ1) is 15.8. The molecule has 1 atom stereocenters. The number of hydrogen-bond donors (Lipinski definition) is 1. The zero-order valence-electron chi connectivity index (χ0n) is 13.7. The summed E-state index contributed by atoms with van der Waals surface area (Å²) in [6, 6.07) is 0. The molecular weight excluding hydrogens is 296 g/mol. The Labute approximate surface area is 136 Å². The number of aliphatic imine (C=N–C) groups is 1. The average Bonchev–Trinajstić information content (AvgIpc) is 3.20. The maximum absolute atomic E-state index is 12.4. The predicted octanol–water partition coefficient (Wildman–Crippen LogP) is -0.319. The lowest BCUT2D eigenvalue weighted by atomic mass is 10.1. The summed E-state index contributed by atoms with van der Waals surface area (Å²) < 4.78 is 7.10. The van der Waals surface area contributed by atoms with E-state index in [9.17, 15) is 4.79 Å². The van der Waals surface area contributed by atoms with Gasteiger partial charge in [0.1, 0.15) is 6.54 Å². The van der Waals surface area contributed by atoms with Crippen molar-refractivity contribution in [2.45, 2.75) is 6.42 Å². The Kier molecular flexibility index (Phi) is 4.80. The smallest absolute Gasteiger partial charge is 0.246 e. The van der Waals surface area contributed by atoms with E-state index in [0.717, 1.165) is 44.4 Å². The Morgan fingerprint density at radius 2 is 2.39 bits per heavy atom. The van der Waals surface area contributed by atoms with Crippen molar-refractivity contribution in [3.05, 3.63) is 12.4 Å². The van der Waals surface area contributed by atoms with E-state index in [1.165, 1.54) is 0 Å². The van der Waals surface area contributed by atoms with Gasteiger partial charge >= 0.3 is 0 Å². The van der Waals surface area contributed by atoms with Gasteiger partial charge in [-0.2, -0.15) is 5.10 Å². The van der Waals surface area contributed by atoms with Crippen LogP contribution in [-0.2, 0) is 16.6 Å². The number of nitrogens with one attached hydrogen (secondary N) is 1. The molecule has 2 saturated heterocycles. The van der Waals surface area contributed by atoms with E-state index < -0.39 is 0 Å². The molecule has 0 radical (unpaired) electrons. The second-order valence-electron chi connectivity index (χ2n) is 6.00. The topological polar surface area (TPSA) is 75.0 Å². The van der Waals surface area contributed by atoms with Gasteiger partial charge in [0.15, 0.2) is 5.96 Å². The summed E-state index contributed by atoms with van der Waals surface area (Å²) in [7, 11) is 3.61. The van der Waals surface area contributed by atoms with Crippen LogP contribution in [0, 0.1) is 5.92 Å². The summed E-state index contributed by atoms with van der Waals surface area (Å²) in [5, 5.41) is 7.50. The van der Waals surface area contributed by atoms with Crippen LogP contribution >= 0.6 is 0 Å². The number of rotatable bonds is 3. The van der Waals surface area contributed by atoms with E-state index in [1.54, 1.807) is 22.8 Å². The van der Waals surface area contributed by atoms with E-state index in [-0.39, 0.29) is 5.91 Å². The van der Waals surface area contributed by atoms with Crippen molar-refractivity contribution in [1.82, 2.24) is 20.0 Å². The fourth-order valence-electron chi connectivity index (χ4n) is 2.99. The van der Waals surface area contributed by atoms with Crippen molar-refractivity contribution in [1.29, 1.82) is 0 Å². The van der Waals surface area contributed by atoms with Gasteiger partial charge in [0, 0.05) is 52.5 Å². The molecule has 2 fully saturated rings. The first-order valence-electron chi connectivity index (χ1n) is 7.99. The van der Waals surface area contributed by atoms with Gasteiger partial charge in [-0.3, -0.25) is 14.5 Å². The minimum atomic E-state index is 0.0661. The monoisotopic (exact) mass is 320 g/mol. The van der Waals surface area contributed by atoms with Crippen LogP contribution in [-0.4, -0.2) is 73.0 Å². The Morgan fingerprint density at radius 1 is 1.52 bits per heavy atom. The van der Waals surface area contributed by atoms with Gasteiger partial charge in [-0.15, -0.1) is 0 Å². The predicted molar refractivity (Wildman–Crippen MR) is 87.4 cm³/mol. The summed E-state index contributed by atoms with van der Waals surface area (Å²) in [6.45, 7) is 4.20. The van der Waals surface area contributed by atoms with Crippen LogP contribution in [0.3, 0.4) is 0 Å². The molecule has 0 saturated carbocycles. The van der Waals surface area contributed by atoms with Crippen LogP contribution in [0.1, 0.15) is 6.42 Å². The Bertz CT molecular complexity index is 578. The van der Waals surface area contributed by atoms with Crippen molar-refractivity contribution in [3.8, 4) is 0 Å². The lowest BCUT2D eigenvalue weighted by Crippen LogP contribution is -2.55. The molecule has 0 aromatic carbocycles. The number of nitrogens with zero attached hydrogens (tertiary/aromatic N) is 5. The summed E-state index contributed by atoms with van der Waals surface area (Å²) >= 11 is 0. The number of anilines is 1. The molecule has 0 aliphatic carbocycles. The third kappa shape index (κ3) is 3.64. The number of hydrogen-bond acceptors (Lipinski definition) is 4. The van der Waals surface area contributed by atoms with Crippen LogP contribution in [0.15, 0.2) is 17.4 Å². The van der Waals surface area contributed by atoms with Crippen LogP contribution in [0.2, 0.25) is 0 Å². The van der Waals surface area contributed by atoms with Gasteiger partial charge in [0.25, 0.3) is 0 Å². The van der Waals surface area contributed by atoms with E-state index >= 15 is 0 Å².